The minimum Gasteiger partial charge on any atom is -0.725 e. The van der Waals surface area contributed by atoms with E-state index in [9.17, 15) is 13.0 Å². The van der Waals surface area contributed by atoms with E-state index in [2.05, 4.69) is 10.6 Å². The van der Waals surface area contributed by atoms with E-state index in [0.717, 1.165) is 24.9 Å². The molecule has 0 aliphatic heterocycles. The van der Waals surface area contributed by atoms with Gasteiger partial charge in [0.2, 0.25) is 10.4 Å². The van der Waals surface area contributed by atoms with Crippen molar-refractivity contribution in [3.63, 3.8) is 0 Å². The zero-order valence-electron chi connectivity index (χ0n) is 12.6. The third-order valence-corrected chi connectivity index (χ3v) is 4.72. The molecule has 0 heterocycles. The van der Waals surface area contributed by atoms with E-state index >= 15 is 0 Å². The Morgan fingerprint density at radius 2 is 1.20 bits per heavy atom. The maximum atomic E-state index is 10.2. The van der Waals surface area contributed by atoms with Crippen molar-refractivity contribution in [3.05, 3.63) is 0 Å². The van der Waals surface area contributed by atoms with Gasteiger partial charge >= 0.3 is 0 Å². The van der Waals surface area contributed by atoms with Gasteiger partial charge in [-0.2, -0.15) is 0 Å². The molecule has 0 fully saturated rings. The minimum atomic E-state index is -4.53. The summed E-state index contributed by atoms with van der Waals surface area (Å²) in [5.74, 6) is 0.568. The minimum absolute atomic E-state index is 0.568. The van der Waals surface area contributed by atoms with Crippen molar-refractivity contribution in [1.29, 1.82) is 0 Å². The van der Waals surface area contributed by atoms with Crippen LogP contribution in [-0.4, -0.2) is 18.7 Å². The molecule has 0 saturated heterocycles. The average molecular weight is 326 g/mol. The van der Waals surface area contributed by atoms with Gasteiger partial charge in [-0.05, 0) is 6.42 Å². The molecule has 0 atom stereocenters. The molecule has 0 rings (SSSR count). The quantitative estimate of drug-likeness (QED) is 0.187. The van der Waals surface area contributed by atoms with Crippen molar-refractivity contribution in [1.82, 2.24) is 0 Å². The monoisotopic (exact) mass is 325 g/mol. The molecule has 0 saturated carbocycles. The number of hydrogen-bond acceptors (Lipinski definition) is 5. The average Bonchev–Trinajstić information content (AvgIpc) is 2.38. The highest BCUT2D eigenvalue weighted by Crippen LogP contribution is 2.14. The third kappa shape index (κ3) is 18.2. The molecule has 0 spiro atoms. The molecular weight excluding hydrogens is 296 g/mol. The van der Waals surface area contributed by atoms with Crippen LogP contribution in [0.2, 0.25) is 0 Å². The van der Waals surface area contributed by atoms with Crippen LogP contribution < -0.4 is 0 Å². The predicted octanol–water partition coefficient (Wildman–Crippen LogP) is 4.81. The Bertz CT molecular complexity index is 292. The summed E-state index contributed by atoms with van der Waals surface area (Å²) in [4.78, 5) is 0. The van der Waals surface area contributed by atoms with E-state index in [1.165, 1.54) is 64.2 Å². The van der Waals surface area contributed by atoms with E-state index in [1.807, 2.05) is 0 Å². The number of hydrogen-bond donors (Lipinski definition) is 0. The van der Waals surface area contributed by atoms with Gasteiger partial charge in [0.05, 0.1) is 0 Å². The van der Waals surface area contributed by atoms with Crippen LogP contribution in [-0.2, 0) is 14.0 Å². The first-order chi connectivity index (χ1) is 9.56. The molecule has 4 nitrogen and oxygen atoms in total. The highest BCUT2D eigenvalue weighted by Gasteiger charge is 1.97. The number of unbranched alkanes of at least 4 members (excludes halogenated alkanes) is 11. The Morgan fingerprint density at radius 1 is 0.800 bits per heavy atom. The van der Waals surface area contributed by atoms with Gasteiger partial charge in [-0.1, -0.05) is 77.6 Å². The predicted molar refractivity (Wildman–Crippen MR) is 84.3 cm³/mol. The van der Waals surface area contributed by atoms with Crippen LogP contribution in [0.15, 0.2) is 0 Å². The van der Waals surface area contributed by atoms with Crippen LogP contribution in [0, 0.1) is 0 Å². The fourth-order valence-electron chi connectivity index (χ4n) is 2.09. The molecular formula is C14H29O4S2-. The first kappa shape index (κ1) is 20.2. The molecule has 0 aromatic heterocycles. The highest BCUT2D eigenvalue weighted by atomic mass is 32.3. The summed E-state index contributed by atoms with van der Waals surface area (Å²) in [6.07, 6.45) is 15.2. The molecule has 20 heavy (non-hydrogen) atoms. The summed E-state index contributed by atoms with van der Waals surface area (Å²) >= 11 is 0.741. The number of rotatable bonds is 15. The van der Waals surface area contributed by atoms with E-state index < -0.39 is 10.4 Å². The summed E-state index contributed by atoms with van der Waals surface area (Å²) in [5.41, 5.74) is 0. The largest absolute Gasteiger partial charge is 0.725 e. The highest BCUT2D eigenvalue weighted by molar-refractivity contribution is 8.02. The maximum Gasteiger partial charge on any atom is 0.228 e. The van der Waals surface area contributed by atoms with Crippen molar-refractivity contribution in [3.8, 4) is 0 Å². The van der Waals surface area contributed by atoms with E-state index in [4.69, 9.17) is 0 Å². The lowest BCUT2D eigenvalue weighted by molar-refractivity contribution is 0.391. The summed E-state index contributed by atoms with van der Waals surface area (Å²) < 4.78 is 34.5. The van der Waals surface area contributed by atoms with Gasteiger partial charge in [-0.3, -0.25) is 0 Å². The molecule has 6 heteroatoms. The van der Waals surface area contributed by atoms with Gasteiger partial charge in [0, 0.05) is 17.8 Å². The lowest BCUT2D eigenvalue weighted by atomic mass is 10.1. The lowest BCUT2D eigenvalue weighted by Crippen LogP contribution is -1.98. The van der Waals surface area contributed by atoms with Crippen molar-refractivity contribution >= 4 is 22.4 Å². The first-order valence-corrected chi connectivity index (χ1v) is 10.1. The van der Waals surface area contributed by atoms with Crippen LogP contribution >= 0.6 is 12.0 Å². The smallest absolute Gasteiger partial charge is 0.228 e. The van der Waals surface area contributed by atoms with Crippen LogP contribution in [0.3, 0.4) is 0 Å². The molecule has 0 radical (unpaired) electrons. The van der Waals surface area contributed by atoms with Gasteiger partial charge in [-0.25, -0.2) is 12.0 Å². The summed E-state index contributed by atoms with van der Waals surface area (Å²) in [6, 6.07) is 0. The fourth-order valence-corrected chi connectivity index (χ4v) is 3.16. The molecule has 122 valence electrons. The molecule has 0 aliphatic rings. The maximum absolute atomic E-state index is 10.2. The molecule has 0 aliphatic carbocycles. The SMILES string of the molecule is CCCCCCCCCCCCCCSOS(=O)(=O)[O-]. The van der Waals surface area contributed by atoms with Crippen molar-refractivity contribution in [2.24, 2.45) is 0 Å². The Labute approximate surface area is 129 Å². The molecule has 0 unspecified atom stereocenters. The lowest BCUT2D eigenvalue weighted by Gasteiger charge is -2.05. The molecule has 0 aromatic rings. The van der Waals surface area contributed by atoms with E-state index in [1.54, 1.807) is 0 Å². The Morgan fingerprint density at radius 3 is 1.60 bits per heavy atom. The molecule has 0 bridgehead atoms. The third-order valence-electron chi connectivity index (χ3n) is 3.21. The Kier molecular flexibility index (Phi) is 14.3. The van der Waals surface area contributed by atoms with Gasteiger partial charge in [0.25, 0.3) is 0 Å². The molecule has 0 aromatic carbocycles. The van der Waals surface area contributed by atoms with Gasteiger partial charge in [0.1, 0.15) is 0 Å². The van der Waals surface area contributed by atoms with Crippen LogP contribution in [0.5, 0.6) is 0 Å². The fraction of sp³-hybridized carbons (Fsp3) is 1.00. The standard InChI is InChI=1S/C14H30O4S2/c1-2-3-4-5-6-7-8-9-10-11-12-13-14-19-18-20(15,16)17/h2-14H2,1H3,(H,15,16,17)/p-1. The molecule has 0 amide bonds. The summed E-state index contributed by atoms with van der Waals surface area (Å²) in [6.45, 7) is 2.24. The Hall–Kier alpha value is 0.220. The first-order valence-electron chi connectivity index (χ1n) is 7.83. The zero-order chi connectivity index (χ0) is 15.1. The zero-order valence-corrected chi connectivity index (χ0v) is 14.3. The topological polar surface area (TPSA) is 66.4 Å². The van der Waals surface area contributed by atoms with E-state index in [-0.39, 0.29) is 0 Å². The van der Waals surface area contributed by atoms with Gasteiger partial charge in [-0.15, -0.1) is 0 Å². The van der Waals surface area contributed by atoms with Crippen LogP contribution in [0.25, 0.3) is 0 Å². The van der Waals surface area contributed by atoms with Crippen molar-refractivity contribution in [2.75, 3.05) is 5.75 Å². The second-order valence-electron chi connectivity index (χ2n) is 5.19. The summed E-state index contributed by atoms with van der Waals surface area (Å²) in [7, 11) is -4.53. The van der Waals surface area contributed by atoms with Crippen LogP contribution in [0.4, 0.5) is 0 Å². The van der Waals surface area contributed by atoms with Crippen molar-refractivity contribution < 1.29 is 16.6 Å². The second-order valence-corrected chi connectivity index (χ2v) is 7.19. The van der Waals surface area contributed by atoms with Crippen molar-refractivity contribution in [2.45, 2.75) is 84.0 Å². The normalized spacial score (nSPS) is 11.9. The van der Waals surface area contributed by atoms with E-state index in [0.29, 0.717) is 5.75 Å². The van der Waals surface area contributed by atoms with Gasteiger partial charge in [0.15, 0.2) is 0 Å². The second kappa shape index (κ2) is 14.2. The molecule has 0 N–H and O–H groups in total. The van der Waals surface area contributed by atoms with Gasteiger partial charge < -0.3 is 4.55 Å². The summed E-state index contributed by atoms with van der Waals surface area (Å²) in [5, 5.41) is 0. The van der Waals surface area contributed by atoms with Crippen LogP contribution in [0.1, 0.15) is 84.0 Å². The Balaban J connectivity index is 3.03.